The van der Waals surface area contributed by atoms with E-state index in [4.69, 9.17) is 4.74 Å². The Morgan fingerprint density at radius 1 is 1.14 bits per heavy atom. The van der Waals surface area contributed by atoms with Gasteiger partial charge in [-0.3, -0.25) is 0 Å². The van der Waals surface area contributed by atoms with Crippen molar-refractivity contribution in [2.75, 3.05) is 22.1 Å². The highest BCUT2D eigenvalue weighted by molar-refractivity contribution is 6.02. The number of halogens is 1. The maximum Gasteiger partial charge on any atom is 0.323 e. The minimum absolute atomic E-state index is 0.114. The summed E-state index contributed by atoms with van der Waals surface area (Å²) >= 11 is 0. The molecule has 0 unspecified atom stereocenters. The number of tetrazole rings is 1. The van der Waals surface area contributed by atoms with Crippen LogP contribution in [0.1, 0.15) is 51.8 Å². The van der Waals surface area contributed by atoms with Gasteiger partial charge in [-0.2, -0.15) is 0 Å². The molecule has 3 aromatic rings. The van der Waals surface area contributed by atoms with E-state index < -0.39 is 11.8 Å². The van der Waals surface area contributed by atoms with E-state index in [0.717, 1.165) is 25.1 Å². The van der Waals surface area contributed by atoms with Crippen molar-refractivity contribution in [3.8, 4) is 5.75 Å². The number of H-pyrrole nitrogens is 1. The van der Waals surface area contributed by atoms with Gasteiger partial charge in [-0.25, -0.2) is 14.3 Å². The zero-order chi connectivity index (χ0) is 24.6. The number of carbonyl (C=O) groups is 1. The lowest BCUT2D eigenvalue weighted by atomic mass is 9.93. The molecule has 2 aromatic carbocycles. The second-order valence-corrected chi connectivity index (χ2v) is 9.21. The number of aromatic amines is 1. The van der Waals surface area contributed by atoms with Crippen molar-refractivity contribution in [2.24, 2.45) is 5.92 Å². The Morgan fingerprint density at radius 3 is 2.63 bits per heavy atom. The summed E-state index contributed by atoms with van der Waals surface area (Å²) in [6, 6.07) is 11.6. The third-order valence-electron chi connectivity index (χ3n) is 5.99. The highest BCUT2D eigenvalue weighted by Gasteiger charge is 2.25. The molecule has 0 aliphatic heterocycles. The Labute approximate surface area is 204 Å². The maximum absolute atomic E-state index is 14.1. The van der Waals surface area contributed by atoms with E-state index in [1.54, 1.807) is 18.2 Å². The maximum atomic E-state index is 14.1. The summed E-state index contributed by atoms with van der Waals surface area (Å²) in [7, 11) is 0. The molecule has 9 nitrogen and oxygen atoms in total. The van der Waals surface area contributed by atoms with E-state index in [1.165, 1.54) is 31.4 Å². The third-order valence-corrected chi connectivity index (χ3v) is 5.99. The minimum atomic E-state index is -0.527. The number of anilines is 3. The molecule has 1 heterocycles. The quantitative estimate of drug-likeness (QED) is 0.380. The molecule has 35 heavy (non-hydrogen) atoms. The average Bonchev–Trinajstić information content (AvgIpc) is 3.37. The molecular formula is C25H32FN7O2. The number of ether oxygens (including phenoxy) is 1. The lowest BCUT2D eigenvalue weighted by Crippen LogP contribution is -2.40. The Hall–Kier alpha value is -3.69. The van der Waals surface area contributed by atoms with Crippen molar-refractivity contribution >= 4 is 23.1 Å². The smallest absolute Gasteiger partial charge is 0.323 e. The first-order valence-corrected chi connectivity index (χ1v) is 12.1. The number of nitrogens with zero attached hydrogens (tertiary/aromatic N) is 4. The van der Waals surface area contributed by atoms with Gasteiger partial charge in [-0.1, -0.05) is 45.2 Å². The van der Waals surface area contributed by atoms with Crippen molar-refractivity contribution in [3.05, 3.63) is 54.1 Å². The predicted octanol–water partition coefficient (Wildman–Crippen LogP) is 5.36. The highest BCUT2D eigenvalue weighted by atomic mass is 19.1. The molecule has 0 radical (unpaired) electrons. The van der Waals surface area contributed by atoms with Crippen LogP contribution in [0.5, 0.6) is 5.75 Å². The van der Waals surface area contributed by atoms with Crippen LogP contribution < -0.4 is 20.3 Å². The summed E-state index contributed by atoms with van der Waals surface area (Å²) in [5, 5.41) is 19.1. The van der Waals surface area contributed by atoms with E-state index in [2.05, 4.69) is 50.0 Å². The molecule has 3 N–H and O–H groups in total. The van der Waals surface area contributed by atoms with Gasteiger partial charge >= 0.3 is 6.03 Å². The molecule has 0 bridgehead atoms. The molecule has 186 valence electrons. The number of benzene rings is 2. The number of nitrogens with one attached hydrogen (secondary N) is 3. The lowest BCUT2D eigenvalue weighted by molar-refractivity contribution is 0.262. The van der Waals surface area contributed by atoms with E-state index in [-0.39, 0.29) is 12.3 Å². The van der Waals surface area contributed by atoms with Gasteiger partial charge in [-0.15, -0.1) is 5.10 Å². The highest BCUT2D eigenvalue weighted by Crippen LogP contribution is 2.36. The van der Waals surface area contributed by atoms with Crippen LogP contribution in [0.15, 0.2) is 42.5 Å². The van der Waals surface area contributed by atoms with Gasteiger partial charge in [0.15, 0.2) is 5.82 Å². The zero-order valence-corrected chi connectivity index (χ0v) is 20.1. The van der Waals surface area contributed by atoms with Gasteiger partial charge < -0.3 is 20.3 Å². The summed E-state index contributed by atoms with van der Waals surface area (Å²) in [6.07, 6.45) is 5.88. The minimum Gasteiger partial charge on any atom is -0.485 e. The van der Waals surface area contributed by atoms with Gasteiger partial charge in [0.2, 0.25) is 0 Å². The SMILES string of the molecule is CC(C)CN(c1ccc(OCc2nnn[nH]2)cc1NC(=O)Nc1ccccc1F)C1CCCCC1. The molecule has 4 rings (SSSR count). The van der Waals surface area contributed by atoms with E-state index in [0.29, 0.717) is 29.2 Å². The van der Waals surface area contributed by atoms with Crippen LogP contribution in [0, 0.1) is 11.7 Å². The molecule has 0 spiro atoms. The van der Waals surface area contributed by atoms with Gasteiger partial charge in [0.05, 0.1) is 17.1 Å². The van der Waals surface area contributed by atoms with Crippen LogP contribution in [-0.2, 0) is 6.61 Å². The van der Waals surface area contributed by atoms with E-state index in [1.807, 2.05) is 12.1 Å². The molecule has 1 saturated carbocycles. The van der Waals surface area contributed by atoms with Gasteiger partial charge in [0.1, 0.15) is 18.2 Å². The Bertz CT molecular complexity index is 1100. The van der Waals surface area contributed by atoms with Crippen LogP contribution in [-0.4, -0.2) is 39.2 Å². The topological polar surface area (TPSA) is 108 Å². The van der Waals surface area contributed by atoms with Gasteiger partial charge in [0.25, 0.3) is 0 Å². The number of aromatic nitrogens is 4. The molecule has 1 aromatic heterocycles. The van der Waals surface area contributed by atoms with Crippen LogP contribution >= 0.6 is 0 Å². The standard InChI is InChI=1S/C25H32FN7O2/c1-17(2)15-33(18-8-4-3-5-9-18)23-13-12-19(35-16-24-29-31-32-30-24)14-22(23)28-25(34)27-21-11-7-6-10-20(21)26/h6-7,10-14,17-18H,3-5,8-9,15-16H2,1-2H3,(H2,27,28,34)(H,29,30,31,32). The molecule has 1 aliphatic carbocycles. The van der Waals surface area contributed by atoms with Crippen molar-refractivity contribution in [1.82, 2.24) is 20.6 Å². The van der Waals surface area contributed by atoms with Crippen LogP contribution in [0.2, 0.25) is 0 Å². The molecule has 0 atom stereocenters. The third kappa shape index (κ3) is 6.68. The number of hydrogen-bond acceptors (Lipinski definition) is 6. The van der Waals surface area contributed by atoms with Gasteiger partial charge in [0, 0.05) is 18.7 Å². The van der Waals surface area contributed by atoms with Crippen LogP contribution in [0.3, 0.4) is 0 Å². The Balaban J connectivity index is 1.61. The summed E-state index contributed by atoms with van der Waals surface area (Å²) in [5.74, 6) is 0.986. The van der Waals surface area contributed by atoms with Crippen LogP contribution in [0.25, 0.3) is 0 Å². The second kappa shape index (κ2) is 11.6. The summed E-state index contributed by atoms with van der Waals surface area (Å²) in [5.41, 5.74) is 1.63. The number of para-hydroxylation sites is 1. The van der Waals surface area contributed by atoms with Gasteiger partial charge in [-0.05, 0) is 53.5 Å². The molecule has 10 heteroatoms. The Morgan fingerprint density at radius 2 is 1.91 bits per heavy atom. The molecular weight excluding hydrogens is 449 g/mol. The normalized spacial score (nSPS) is 14.1. The number of hydrogen-bond donors (Lipinski definition) is 3. The molecule has 2 amide bonds. The first-order valence-electron chi connectivity index (χ1n) is 12.1. The monoisotopic (exact) mass is 481 g/mol. The number of urea groups is 1. The lowest BCUT2D eigenvalue weighted by Gasteiger charge is -2.38. The average molecular weight is 482 g/mol. The number of carbonyl (C=O) groups excluding carboxylic acids is 1. The predicted molar refractivity (Wildman–Crippen MR) is 133 cm³/mol. The summed E-state index contributed by atoms with van der Waals surface area (Å²) < 4.78 is 19.9. The number of amides is 2. The summed E-state index contributed by atoms with van der Waals surface area (Å²) in [4.78, 5) is 15.3. The fraction of sp³-hybridized carbons (Fsp3) is 0.440. The fourth-order valence-corrected chi connectivity index (χ4v) is 4.42. The van der Waals surface area contributed by atoms with E-state index in [9.17, 15) is 9.18 Å². The van der Waals surface area contributed by atoms with Crippen molar-refractivity contribution < 1.29 is 13.9 Å². The first-order chi connectivity index (χ1) is 17.0. The largest absolute Gasteiger partial charge is 0.485 e. The van der Waals surface area contributed by atoms with Crippen molar-refractivity contribution in [1.29, 1.82) is 0 Å². The zero-order valence-electron chi connectivity index (χ0n) is 20.1. The Kier molecular flexibility index (Phi) is 8.12. The first kappa shape index (κ1) is 24.4. The number of rotatable bonds is 9. The van der Waals surface area contributed by atoms with Crippen molar-refractivity contribution in [2.45, 2.75) is 58.6 Å². The van der Waals surface area contributed by atoms with Crippen molar-refractivity contribution in [3.63, 3.8) is 0 Å². The molecule has 1 aliphatic rings. The van der Waals surface area contributed by atoms with Crippen LogP contribution in [0.4, 0.5) is 26.2 Å². The molecule has 1 fully saturated rings. The second-order valence-electron chi connectivity index (χ2n) is 9.21. The fourth-order valence-electron chi connectivity index (χ4n) is 4.42. The molecule has 0 saturated heterocycles. The van der Waals surface area contributed by atoms with E-state index >= 15 is 0 Å². The summed E-state index contributed by atoms with van der Waals surface area (Å²) in [6.45, 7) is 5.40.